The Labute approximate surface area is 114 Å². The van der Waals surface area contributed by atoms with Gasteiger partial charge in [-0.25, -0.2) is 0 Å². The van der Waals surface area contributed by atoms with Crippen LogP contribution in [0.15, 0.2) is 36.4 Å². The van der Waals surface area contributed by atoms with E-state index in [1.165, 1.54) is 19.3 Å². The smallest absolute Gasteiger partial charge is 0.185 e. The number of benzene rings is 1. The van der Waals surface area contributed by atoms with Crippen molar-refractivity contribution >= 4 is 5.78 Å². The Balaban J connectivity index is 1.85. The van der Waals surface area contributed by atoms with Gasteiger partial charge in [-0.05, 0) is 56.3 Å². The maximum absolute atomic E-state index is 11.9. The normalized spacial score (nSPS) is 16.7. The first-order valence-electron chi connectivity index (χ1n) is 6.87. The second kappa shape index (κ2) is 7.10. The van der Waals surface area contributed by atoms with Crippen LogP contribution >= 0.6 is 0 Å². The van der Waals surface area contributed by atoms with Crippen LogP contribution in [-0.4, -0.2) is 37.4 Å². The summed E-state index contributed by atoms with van der Waals surface area (Å²) in [5.41, 5.74) is 0.704. The van der Waals surface area contributed by atoms with Crippen LogP contribution in [0.1, 0.15) is 29.6 Å². The van der Waals surface area contributed by atoms with Crippen molar-refractivity contribution in [3.05, 3.63) is 42.0 Å². The van der Waals surface area contributed by atoms with Gasteiger partial charge in [-0.1, -0.05) is 12.5 Å². The van der Waals surface area contributed by atoms with Crippen molar-refractivity contribution in [2.45, 2.75) is 19.3 Å². The van der Waals surface area contributed by atoms with Gasteiger partial charge in [0.1, 0.15) is 5.75 Å². The fraction of sp³-hybridized carbons (Fsp3) is 0.438. The van der Waals surface area contributed by atoms with Crippen LogP contribution in [0.3, 0.4) is 0 Å². The molecule has 0 saturated carbocycles. The zero-order valence-corrected chi connectivity index (χ0v) is 11.5. The van der Waals surface area contributed by atoms with Gasteiger partial charge in [0, 0.05) is 12.1 Å². The number of nitrogens with zero attached hydrogens (tertiary/aromatic N) is 1. The van der Waals surface area contributed by atoms with Crippen LogP contribution in [0.2, 0.25) is 0 Å². The van der Waals surface area contributed by atoms with Gasteiger partial charge in [0.25, 0.3) is 0 Å². The first-order valence-corrected chi connectivity index (χ1v) is 6.87. The van der Waals surface area contributed by atoms with Gasteiger partial charge in [0.15, 0.2) is 5.78 Å². The zero-order valence-electron chi connectivity index (χ0n) is 11.5. The maximum Gasteiger partial charge on any atom is 0.185 e. The van der Waals surface area contributed by atoms with Crippen molar-refractivity contribution in [2.24, 2.45) is 0 Å². The molecule has 1 aromatic carbocycles. The molecule has 3 nitrogen and oxygen atoms in total. The van der Waals surface area contributed by atoms with Crippen LogP contribution in [0.25, 0.3) is 0 Å². The molecule has 1 aliphatic rings. The van der Waals surface area contributed by atoms with Crippen molar-refractivity contribution < 1.29 is 9.53 Å². The van der Waals surface area contributed by atoms with E-state index in [0.29, 0.717) is 5.56 Å². The molecule has 1 aliphatic heterocycles. The van der Waals surface area contributed by atoms with E-state index in [0.717, 1.165) is 25.4 Å². The lowest BCUT2D eigenvalue weighted by Crippen LogP contribution is -2.29. The molecule has 1 fully saturated rings. The quantitative estimate of drug-likeness (QED) is 0.601. The predicted molar refractivity (Wildman–Crippen MR) is 76.8 cm³/mol. The summed E-state index contributed by atoms with van der Waals surface area (Å²) in [4.78, 5) is 14.3. The summed E-state index contributed by atoms with van der Waals surface area (Å²) in [6, 6.07) is 7.22. The number of allylic oxidation sites excluding steroid dienone is 1. The van der Waals surface area contributed by atoms with Gasteiger partial charge in [0.05, 0.1) is 7.11 Å². The molecule has 1 heterocycles. The van der Waals surface area contributed by atoms with Crippen molar-refractivity contribution in [3.8, 4) is 5.75 Å². The number of ketones is 1. The molecule has 0 atom stereocenters. The molecule has 0 aliphatic carbocycles. The van der Waals surface area contributed by atoms with Gasteiger partial charge >= 0.3 is 0 Å². The molecular weight excluding hydrogens is 238 g/mol. The van der Waals surface area contributed by atoms with Gasteiger partial charge in [-0.3, -0.25) is 9.69 Å². The lowest BCUT2D eigenvalue weighted by molar-refractivity contribution is 0.104. The van der Waals surface area contributed by atoms with Crippen molar-refractivity contribution in [3.63, 3.8) is 0 Å². The summed E-state index contributed by atoms with van der Waals surface area (Å²) in [6.45, 7) is 3.18. The van der Waals surface area contributed by atoms with E-state index < -0.39 is 0 Å². The number of hydrogen-bond donors (Lipinski definition) is 0. The average Bonchev–Trinajstić information content (AvgIpc) is 2.48. The minimum atomic E-state index is 0.0552. The van der Waals surface area contributed by atoms with Gasteiger partial charge in [-0.15, -0.1) is 0 Å². The van der Waals surface area contributed by atoms with Crippen LogP contribution in [0.4, 0.5) is 0 Å². The van der Waals surface area contributed by atoms with E-state index in [4.69, 9.17) is 4.74 Å². The molecule has 19 heavy (non-hydrogen) atoms. The number of piperidine rings is 1. The Bertz CT molecular complexity index is 431. The first kappa shape index (κ1) is 13.8. The zero-order chi connectivity index (χ0) is 13.5. The standard InChI is InChI=1S/C16H21NO2/c1-19-15-9-7-14(8-10-15)16(18)6-5-13-17-11-3-2-4-12-17/h5-10H,2-4,11-13H2,1H3/b6-5+. The Morgan fingerprint density at radius 2 is 1.89 bits per heavy atom. The van der Waals surface area contributed by atoms with Gasteiger partial charge < -0.3 is 4.74 Å². The van der Waals surface area contributed by atoms with E-state index in [1.807, 2.05) is 18.2 Å². The molecule has 0 aromatic heterocycles. The molecule has 102 valence electrons. The maximum atomic E-state index is 11.9. The molecule has 0 N–H and O–H groups in total. The highest BCUT2D eigenvalue weighted by molar-refractivity contribution is 6.04. The number of hydrogen-bond acceptors (Lipinski definition) is 3. The highest BCUT2D eigenvalue weighted by Gasteiger charge is 2.08. The number of methoxy groups -OCH3 is 1. The highest BCUT2D eigenvalue weighted by Crippen LogP contribution is 2.12. The first-order chi connectivity index (χ1) is 9.29. The van der Waals surface area contributed by atoms with E-state index in [2.05, 4.69) is 4.90 Å². The Kier molecular flexibility index (Phi) is 5.16. The van der Waals surface area contributed by atoms with E-state index in [1.54, 1.807) is 25.3 Å². The molecule has 3 heteroatoms. The van der Waals surface area contributed by atoms with Crippen LogP contribution in [-0.2, 0) is 0 Å². The van der Waals surface area contributed by atoms with E-state index >= 15 is 0 Å². The predicted octanol–water partition coefficient (Wildman–Crippen LogP) is 2.92. The summed E-state index contributed by atoms with van der Waals surface area (Å²) in [7, 11) is 1.62. The second-order valence-electron chi connectivity index (χ2n) is 4.86. The number of likely N-dealkylation sites (tertiary alicyclic amines) is 1. The molecule has 2 rings (SSSR count). The second-order valence-corrected chi connectivity index (χ2v) is 4.86. The summed E-state index contributed by atoms with van der Waals surface area (Å²) in [5.74, 6) is 0.827. The minimum Gasteiger partial charge on any atom is -0.497 e. The summed E-state index contributed by atoms with van der Waals surface area (Å²) < 4.78 is 5.07. The number of rotatable bonds is 5. The number of carbonyl (C=O) groups excluding carboxylic acids is 1. The van der Waals surface area contributed by atoms with Crippen molar-refractivity contribution in [1.82, 2.24) is 4.90 Å². The Morgan fingerprint density at radius 3 is 2.53 bits per heavy atom. The molecular formula is C16H21NO2. The van der Waals surface area contributed by atoms with E-state index in [-0.39, 0.29) is 5.78 Å². The highest BCUT2D eigenvalue weighted by atomic mass is 16.5. The summed E-state index contributed by atoms with van der Waals surface area (Å²) in [5, 5.41) is 0. The Morgan fingerprint density at radius 1 is 1.21 bits per heavy atom. The van der Waals surface area contributed by atoms with Crippen LogP contribution < -0.4 is 4.74 Å². The molecule has 1 saturated heterocycles. The third-order valence-electron chi connectivity index (χ3n) is 3.46. The minimum absolute atomic E-state index is 0.0552. The fourth-order valence-electron chi connectivity index (χ4n) is 2.30. The lowest BCUT2D eigenvalue weighted by Gasteiger charge is -2.24. The molecule has 1 aromatic rings. The fourth-order valence-corrected chi connectivity index (χ4v) is 2.30. The van der Waals surface area contributed by atoms with Gasteiger partial charge in [0.2, 0.25) is 0 Å². The third-order valence-corrected chi connectivity index (χ3v) is 3.46. The topological polar surface area (TPSA) is 29.5 Å². The summed E-state index contributed by atoms with van der Waals surface area (Å²) in [6.07, 6.45) is 7.54. The van der Waals surface area contributed by atoms with Crippen molar-refractivity contribution in [1.29, 1.82) is 0 Å². The van der Waals surface area contributed by atoms with Crippen LogP contribution in [0, 0.1) is 0 Å². The van der Waals surface area contributed by atoms with E-state index in [9.17, 15) is 4.79 Å². The Hall–Kier alpha value is -1.61. The molecule has 0 radical (unpaired) electrons. The molecule has 0 bridgehead atoms. The number of ether oxygens (including phenoxy) is 1. The largest absolute Gasteiger partial charge is 0.497 e. The molecule has 0 spiro atoms. The van der Waals surface area contributed by atoms with Crippen LogP contribution in [0.5, 0.6) is 5.75 Å². The lowest BCUT2D eigenvalue weighted by atomic mass is 10.1. The monoisotopic (exact) mass is 259 g/mol. The number of carbonyl (C=O) groups is 1. The average molecular weight is 259 g/mol. The van der Waals surface area contributed by atoms with Crippen molar-refractivity contribution in [2.75, 3.05) is 26.7 Å². The molecule has 0 unspecified atom stereocenters. The summed E-state index contributed by atoms with van der Waals surface area (Å²) >= 11 is 0. The van der Waals surface area contributed by atoms with Gasteiger partial charge in [-0.2, -0.15) is 0 Å². The molecule has 0 amide bonds. The SMILES string of the molecule is COc1ccc(C(=O)/C=C/CN2CCCCC2)cc1. The third kappa shape index (κ3) is 4.21.